The summed E-state index contributed by atoms with van der Waals surface area (Å²) in [6.07, 6.45) is 1.64. The number of pyridine rings is 1. The largest absolute Gasteiger partial charge is 0.338 e. The maximum Gasteiger partial charge on any atom is 0.244 e. The van der Waals surface area contributed by atoms with E-state index >= 15 is 0 Å². The van der Waals surface area contributed by atoms with Crippen LogP contribution in [-0.4, -0.2) is 10.5 Å². The van der Waals surface area contributed by atoms with E-state index in [1.807, 2.05) is 36.4 Å². The van der Waals surface area contributed by atoms with Crippen LogP contribution >= 0.6 is 31.9 Å². The molecule has 0 radical (unpaired) electrons. The van der Waals surface area contributed by atoms with E-state index in [0.29, 0.717) is 5.39 Å². The molecule has 23 heavy (non-hydrogen) atoms. The number of anilines is 1. The highest BCUT2D eigenvalue weighted by Gasteiger charge is 2.08. The van der Waals surface area contributed by atoms with E-state index in [9.17, 15) is 9.59 Å². The van der Waals surface area contributed by atoms with Gasteiger partial charge in [-0.05, 0) is 42.5 Å². The van der Waals surface area contributed by atoms with E-state index in [0.717, 1.165) is 20.1 Å². The summed E-state index contributed by atoms with van der Waals surface area (Å²) in [4.78, 5) is 24.2. The van der Waals surface area contributed by atoms with Gasteiger partial charge in [0, 0.05) is 32.3 Å². The lowest BCUT2D eigenvalue weighted by molar-refractivity contribution is -0.116. The van der Waals surface area contributed by atoms with Crippen LogP contribution in [0.15, 0.2) is 68.5 Å². The first-order valence-electron chi connectivity index (χ1n) is 6.87. The van der Waals surface area contributed by atoms with Crippen molar-refractivity contribution in [3.05, 3.63) is 73.9 Å². The Morgan fingerprint density at radius 3 is 2.43 bits per heavy atom. The van der Waals surface area contributed by atoms with Crippen molar-refractivity contribution in [1.29, 1.82) is 0 Å². The number of carbonyl (C=O) groups is 1. The van der Waals surface area contributed by atoms with E-state index in [1.54, 1.807) is 16.8 Å². The van der Waals surface area contributed by atoms with Crippen molar-refractivity contribution in [3.63, 3.8) is 0 Å². The molecule has 0 aliphatic heterocycles. The second kappa shape index (κ2) is 6.68. The van der Waals surface area contributed by atoms with Crippen LogP contribution < -0.4 is 10.7 Å². The average Bonchev–Trinajstić information content (AvgIpc) is 2.52. The van der Waals surface area contributed by atoms with E-state index in [2.05, 4.69) is 37.2 Å². The molecular formula is C17H12Br2N2O2. The Kier molecular flexibility index (Phi) is 4.63. The molecule has 1 heterocycles. The zero-order valence-electron chi connectivity index (χ0n) is 11.9. The van der Waals surface area contributed by atoms with Crippen LogP contribution in [-0.2, 0) is 11.3 Å². The molecule has 0 spiro atoms. The van der Waals surface area contributed by atoms with Gasteiger partial charge in [-0.25, -0.2) is 0 Å². The molecule has 2 aromatic carbocycles. The lowest BCUT2D eigenvalue weighted by Crippen LogP contribution is -2.20. The van der Waals surface area contributed by atoms with E-state index in [4.69, 9.17) is 0 Å². The van der Waals surface area contributed by atoms with Crippen molar-refractivity contribution in [1.82, 2.24) is 4.57 Å². The lowest BCUT2D eigenvalue weighted by atomic mass is 10.2. The fourth-order valence-electron chi connectivity index (χ4n) is 2.31. The van der Waals surface area contributed by atoms with Gasteiger partial charge in [-0.1, -0.05) is 31.9 Å². The lowest BCUT2D eigenvalue weighted by Gasteiger charge is -2.11. The molecule has 0 aliphatic rings. The van der Waals surface area contributed by atoms with Crippen LogP contribution in [0.3, 0.4) is 0 Å². The average molecular weight is 436 g/mol. The molecule has 1 N–H and O–H groups in total. The minimum Gasteiger partial charge on any atom is -0.338 e. The minimum absolute atomic E-state index is 0.0640. The molecule has 116 valence electrons. The predicted octanol–water partition coefficient (Wildman–Crippen LogP) is 4.17. The van der Waals surface area contributed by atoms with E-state index in [-0.39, 0.29) is 17.9 Å². The summed E-state index contributed by atoms with van der Waals surface area (Å²) < 4.78 is 3.55. The minimum atomic E-state index is -0.153. The molecule has 1 aromatic heterocycles. The van der Waals surface area contributed by atoms with Crippen molar-refractivity contribution in [2.45, 2.75) is 6.54 Å². The van der Waals surface area contributed by atoms with Crippen LogP contribution in [0.4, 0.5) is 5.69 Å². The van der Waals surface area contributed by atoms with Crippen LogP contribution in [0.25, 0.3) is 10.9 Å². The highest BCUT2D eigenvalue weighted by atomic mass is 79.9. The predicted molar refractivity (Wildman–Crippen MR) is 98.7 cm³/mol. The first kappa shape index (κ1) is 16.0. The van der Waals surface area contributed by atoms with Gasteiger partial charge in [-0.15, -0.1) is 0 Å². The van der Waals surface area contributed by atoms with Gasteiger partial charge in [-0.2, -0.15) is 0 Å². The van der Waals surface area contributed by atoms with Crippen molar-refractivity contribution < 1.29 is 4.79 Å². The number of benzene rings is 2. The van der Waals surface area contributed by atoms with Gasteiger partial charge in [0.2, 0.25) is 5.91 Å². The number of hydrogen-bond donors (Lipinski definition) is 1. The van der Waals surface area contributed by atoms with Crippen molar-refractivity contribution >= 4 is 54.4 Å². The molecule has 0 saturated carbocycles. The zero-order chi connectivity index (χ0) is 16.4. The molecule has 4 nitrogen and oxygen atoms in total. The van der Waals surface area contributed by atoms with Crippen molar-refractivity contribution in [2.75, 3.05) is 5.32 Å². The number of halogens is 2. The van der Waals surface area contributed by atoms with E-state index < -0.39 is 0 Å². The van der Waals surface area contributed by atoms with Crippen molar-refractivity contribution in [3.8, 4) is 0 Å². The summed E-state index contributed by atoms with van der Waals surface area (Å²) in [5, 5.41) is 3.42. The van der Waals surface area contributed by atoms with E-state index in [1.165, 1.54) is 6.07 Å². The Balaban J connectivity index is 1.86. The number of amides is 1. The normalized spacial score (nSPS) is 10.7. The molecule has 0 atom stereocenters. The quantitative estimate of drug-likeness (QED) is 0.671. The fraction of sp³-hybridized carbons (Fsp3) is 0.0588. The maximum atomic E-state index is 12.2. The Hall–Kier alpha value is -1.92. The number of hydrogen-bond acceptors (Lipinski definition) is 2. The van der Waals surface area contributed by atoms with Crippen LogP contribution in [0.1, 0.15) is 0 Å². The SMILES string of the molecule is O=C(Cn1ccc(=O)c2cc(Br)ccc21)Nc1ccc(Br)cc1. The Morgan fingerprint density at radius 1 is 1.00 bits per heavy atom. The molecule has 0 unspecified atom stereocenters. The highest BCUT2D eigenvalue weighted by Crippen LogP contribution is 2.18. The molecule has 6 heteroatoms. The Morgan fingerprint density at radius 2 is 1.70 bits per heavy atom. The topological polar surface area (TPSA) is 51.1 Å². The second-order valence-electron chi connectivity index (χ2n) is 5.02. The molecule has 3 rings (SSSR count). The number of rotatable bonds is 3. The molecule has 3 aromatic rings. The molecule has 0 saturated heterocycles. The third-order valence-corrected chi connectivity index (χ3v) is 4.40. The summed E-state index contributed by atoms with van der Waals surface area (Å²) in [7, 11) is 0. The van der Waals surface area contributed by atoms with Gasteiger partial charge in [0.05, 0.1) is 5.52 Å². The monoisotopic (exact) mass is 434 g/mol. The number of nitrogens with one attached hydrogen (secondary N) is 1. The Bertz CT molecular complexity index is 933. The third-order valence-electron chi connectivity index (χ3n) is 3.38. The van der Waals surface area contributed by atoms with Gasteiger partial charge in [0.25, 0.3) is 0 Å². The van der Waals surface area contributed by atoms with Gasteiger partial charge in [0.15, 0.2) is 5.43 Å². The number of nitrogens with zero attached hydrogens (tertiary/aromatic N) is 1. The fourth-order valence-corrected chi connectivity index (χ4v) is 2.94. The highest BCUT2D eigenvalue weighted by molar-refractivity contribution is 9.10. The summed E-state index contributed by atoms with van der Waals surface area (Å²) in [6.45, 7) is 0.133. The van der Waals surface area contributed by atoms with Crippen molar-refractivity contribution in [2.24, 2.45) is 0 Å². The second-order valence-corrected chi connectivity index (χ2v) is 6.86. The van der Waals surface area contributed by atoms with Crippen LogP contribution in [0.2, 0.25) is 0 Å². The van der Waals surface area contributed by atoms with Crippen LogP contribution in [0.5, 0.6) is 0 Å². The van der Waals surface area contributed by atoms with Gasteiger partial charge in [0.1, 0.15) is 6.54 Å². The first-order valence-corrected chi connectivity index (χ1v) is 8.46. The molecule has 0 bridgehead atoms. The van der Waals surface area contributed by atoms with Gasteiger partial charge >= 0.3 is 0 Å². The van der Waals surface area contributed by atoms with Crippen LogP contribution in [0, 0.1) is 0 Å². The summed E-state index contributed by atoms with van der Waals surface area (Å²) in [5.41, 5.74) is 1.39. The Labute approximate surface area is 149 Å². The number of fused-ring (bicyclic) bond motifs is 1. The molecule has 1 amide bonds. The van der Waals surface area contributed by atoms with Gasteiger partial charge in [-0.3, -0.25) is 9.59 Å². The third kappa shape index (κ3) is 3.71. The maximum absolute atomic E-state index is 12.2. The molecule has 0 aliphatic carbocycles. The standard InChI is InChI=1S/C17H12Br2N2O2/c18-11-1-4-13(5-2-11)20-17(23)10-21-8-7-16(22)14-9-12(19)3-6-15(14)21/h1-9H,10H2,(H,20,23). The number of carbonyl (C=O) groups excluding carboxylic acids is 1. The van der Waals surface area contributed by atoms with Gasteiger partial charge < -0.3 is 9.88 Å². The molecule has 0 fully saturated rings. The summed E-state index contributed by atoms with van der Waals surface area (Å²) >= 11 is 6.72. The number of aromatic nitrogens is 1. The first-order chi connectivity index (χ1) is 11.0. The smallest absolute Gasteiger partial charge is 0.244 e. The zero-order valence-corrected chi connectivity index (χ0v) is 15.1. The summed E-state index contributed by atoms with van der Waals surface area (Å²) in [6, 6.07) is 14.3. The summed E-state index contributed by atoms with van der Waals surface area (Å²) in [5.74, 6) is -0.153. The molecular weight excluding hydrogens is 424 g/mol.